The second kappa shape index (κ2) is 11.2. The highest BCUT2D eigenvalue weighted by Gasteiger charge is 2.31. The molecule has 1 unspecified atom stereocenters. The second-order valence-electron chi connectivity index (χ2n) is 8.72. The number of pyridine rings is 1. The highest BCUT2D eigenvalue weighted by molar-refractivity contribution is 6.04. The fourth-order valence-electron chi connectivity index (χ4n) is 4.12. The molecule has 0 radical (unpaired) electrons. The summed E-state index contributed by atoms with van der Waals surface area (Å²) in [5.74, 6) is 0.487. The van der Waals surface area contributed by atoms with E-state index in [4.69, 9.17) is 18.9 Å². The molecule has 0 bridgehead atoms. The van der Waals surface area contributed by atoms with Gasteiger partial charge in [0.15, 0.2) is 35.4 Å². The number of ether oxygens (including phenoxy) is 4. The number of halogens is 3. The van der Waals surface area contributed by atoms with Crippen molar-refractivity contribution in [3.05, 3.63) is 48.4 Å². The van der Waals surface area contributed by atoms with Gasteiger partial charge in [-0.1, -0.05) is 0 Å². The number of carbonyl (C=O) groups excluding carboxylic acids is 1. The summed E-state index contributed by atoms with van der Waals surface area (Å²) in [6.07, 6.45) is -1.01. The Balaban J connectivity index is 1.32. The third kappa shape index (κ3) is 5.98. The molecule has 1 saturated heterocycles. The Labute approximate surface area is 225 Å². The van der Waals surface area contributed by atoms with Gasteiger partial charge < -0.3 is 29.6 Å². The summed E-state index contributed by atoms with van der Waals surface area (Å²) in [7, 11) is 3.04. The van der Waals surface area contributed by atoms with E-state index >= 15 is 0 Å². The quantitative estimate of drug-likeness (QED) is 0.312. The summed E-state index contributed by atoms with van der Waals surface area (Å²) < 4.78 is 61.2. The van der Waals surface area contributed by atoms with Crippen LogP contribution in [0.5, 0.6) is 28.9 Å². The number of benzene rings is 1. The van der Waals surface area contributed by atoms with Crippen molar-refractivity contribution in [1.82, 2.24) is 30.3 Å². The Morgan fingerprint density at radius 2 is 1.90 bits per heavy atom. The van der Waals surface area contributed by atoms with Gasteiger partial charge in [0.05, 0.1) is 32.0 Å². The summed E-state index contributed by atoms with van der Waals surface area (Å²) in [5, 5.41) is 18.4. The number of hydrogen-bond acceptors (Lipinski definition) is 10. The first-order valence-corrected chi connectivity index (χ1v) is 12.1. The van der Waals surface area contributed by atoms with Crippen molar-refractivity contribution in [2.24, 2.45) is 0 Å². The van der Waals surface area contributed by atoms with Gasteiger partial charge in [-0.25, -0.2) is 0 Å². The van der Waals surface area contributed by atoms with E-state index in [2.05, 4.69) is 30.9 Å². The molecule has 1 atom stereocenters. The van der Waals surface area contributed by atoms with Crippen molar-refractivity contribution in [2.75, 3.05) is 39.2 Å². The molecule has 0 saturated carbocycles. The topological polar surface area (TPSA) is 135 Å². The van der Waals surface area contributed by atoms with Crippen LogP contribution in [0.3, 0.4) is 0 Å². The number of carbonyl (C=O) groups is 1. The number of nitrogens with one attached hydrogen (secondary N) is 2. The fraction of sp³-hybridized carbons (Fsp3) is 0.320. The summed E-state index contributed by atoms with van der Waals surface area (Å²) in [4.78, 5) is 17.3. The Morgan fingerprint density at radius 3 is 2.58 bits per heavy atom. The van der Waals surface area contributed by atoms with Crippen LogP contribution in [0.15, 0.2) is 42.7 Å². The summed E-state index contributed by atoms with van der Waals surface area (Å²) in [6, 6.07) is 7.86. The van der Waals surface area contributed by atoms with Gasteiger partial charge in [-0.3, -0.25) is 14.5 Å². The van der Waals surface area contributed by atoms with Gasteiger partial charge in [0.2, 0.25) is 5.88 Å². The van der Waals surface area contributed by atoms with Crippen molar-refractivity contribution < 1.29 is 36.9 Å². The minimum atomic E-state index is -4.58. The standard InChI is InChI=1S/C25H24F3N7O5/c1-37-18-9-15-16(10-19(18)38-2)30-8-6-17(15)40-22-4-3-21(32-33-22)31-24(36)23-20(39-13-25(26,27)28)12-35(34-23)14-5-7-29-11-14/h3-4,6,8-10,12,14,29H,5,7,11,13H2,1-2H3,(H,31,32,36). The molecular weight excluding hydrogens is 535 g/mol. The van der Waals surface area contributed by atoms with Gasteiger partial charge in [-0.15, -0.1) is 10.2 Å². The number of amides is 1. The van der Waals surface area contributed by atoms with Crippen LogP contribution >= 0.6 is 0 Å². The first kappa shape index (κ1) is 26.9. The van der Waals surface area contributed by atoms with Gasteiger partial charge in [0, 0.05) is 30.3 Å². The predicted molar refractivity (Wildman–Crippen MR) is 135 cm³/mol. The van der Waals surface area contributed by atoms with Gasteiger partial charge in [0.25, 0.3) is 5.91 Å². The zero-order valence-corrected chi connectivity index (χ0v) is 21.4. The number of anilines is 1. The minimum Gasteiger partial charge on any atom is -0.493 e. The number of hydrogen-bond donors (Lipinski definition) is 2. The van der Waals surface area contributed by atoms with Crippen LogP contribution in [-0.4, -0.2) is 71.0 Å². The molecule has 3 aromatic heterocycles. The van der Waals surface area contributed by atoms with Crippen molar-refractivity contribution in [1.29, 1.82) is 0 Å². The Kier molecular flexibility index (Phi) is 7.55. The third-order valence-corrected chi connectivity index (χ3v) is 6.02. The van der Waals surface area contributed by atoms with Crippen LogP contribution in [0.25, 0.3) is 10.9 Å². The third-order valence-electron chi connectivity index (χ3n) is 6.02. The number of alkyl halides is 3. The lowest BCUT2D eigenvalue weighted by molar-refractivity contribution is -0.153. The van der Waals surface area contributed by atoms with Crippen LogP contribution in [0.1, 0.15) is 23.0 Å². The molecule has 210 valence electrons. The largest absolute Gasteiger partial charge is 0.493 e. The van der Waals surface area contributed by atoms with Crippen LogP contribution < -0.4 is 29.6 Å². The lowest BCUT2D eigenvalue weighted by atomic mass is 10.2. The molecule has 1 amide bonds. The van der Waals surface area contributed by atoms with Gasteiger partial charge in [0.1, 0.15) is 5.75 Å². The fourth-order valence-corrected chi connectivity index (χ4v) is 4.12. The smallest absolute Gasteiger partial charge is 0.422 e. The van der Waals surface area contributed by atoms with Crippen LogP contribution in [0.2, 0.25) is 0 Å². The zero-order chi connectivity index (χ0) is 28.3. The van der Waals surface area contributed by atoms with E-state index < -0.39 is 18.7 Å². The molecule has 5 rings (SSSR count). The summed E-state index contributed by atoms with van der Waals surface area (Å²) in [5.41, 5.74) is 0.300. The normalized spacial score (nSPS) is 15.2. The van der Waals surface area contributed by atoms with E-state index in [1.54, 1.807) is 24.4 Å². The lowest BCUT2D eigenvalue weighted by Crippen LogP contribution is -2.21. The first-order chi connectivity index (χ1) is 19.2. The molecule has 1 fully saturated rings. The van der Waals surface area contributed by atoms with E-state index in [0.717, 1.165) is 6.54 Å². The number of aromatic nitrogens is 5. The highest BCUT2D eigenvalue weighted by Crippen LogP contribution is 2.36. The Hall–Kier alpha value is -4.66. The molecular formula is C25H24F3N7O5. The number of methoxy groups -OCH3 is 2. The maximum atomic E-state index is 12.9. The van der Waals surface area contributed by atoms with Crippen molar-refractivity contribution in [3.8, 4) is 28.9 Å². The van der Waals surface area contributed by atoms with Crippen molar-refractivity contribution in [2.45, 2.75) is 18.6 Å². The summed E-state index contributed by atoms with van der Waals surface area (Å²) >= 11 is 0. The molecule has 1 aliphatic heterocycles. The van der Waals surface area contributed by atoms with E-state index in [1.807, 2.05) is 0 Å². The number of rotatable bonds is 9. The second-order valence-corrected chi connectivity index (χ2v) is 8.72. The van der Waals surface area contributed by atoms with Crippen LogP contribution in [-0.2, 0) is 0 Å². The monoisotopic (exact) mass is 559 g/mol. The van der Waals surface area contributed by atoms with E-state index in [-0.39, 0.29) is 29.2 Å². The van der Waals surface area contributed by atoms with Crippen molar-refractivity contribution in [3.63, 3.8) is 0 Å². The average molecular weight is 560 g/mol. The molecule has 40 heavy (non-hydrogen) atoms. The predicted octanol–water partition coefficient (Wildman–Crippen LogP) is 3.76. The zero-order valence-electron chi connectivity index (χ0n) is 21.4. The molecule has 12 nitrogen and oxygen atoms in total. The molecule has 1 aliphatic rings. The van der Waals surface area contributed by atoms with Gasteiger partial charge >= 0.3 is 6.18 Å². The first-order valence-electron chi connectivity index (χ1n) is 12.1. The molecule has 2 N–H and O–H groups in total. The average Bonchev–Trinajstić information content (AvgIpc) is 3.62. The molecule has 1 aromatic carbocycles. The van der Waals surface area contributed by atoms with E-state index in [0.29, 0.717) is 41.1 Å². The van der Waals surface area contributed by atoms with Gasteiger partial charge in [-0.2, -0.15) is 18.3 Å². The number of nitrogens with zero attached hydrogens (tertiary/aromatic N) is 5. The molecule has 15 heteroatoms. The lowest BCUT2D eigenvalue weighted by Gasteiger charge is -2.12. The van der Waals surface area contributed by atoms with Crippen LogP contribution in [0, 0.1) is 0 Å². The van der Waals surface area contributed by atoms with Crippen LogP contribution in [0.4, 0.5) is 19.0 Å². The molecule has 0 aliphatic carbocycles. The molecule has 4 aromatic rings. The minimum absolute atomic E-state index is 0.0298. The van der Waals surface area contributed by atoms with E-state index in [1.165, 1.54) is 37.2 Å². The maximum absolute atomic E-state index is 12.9. The Bertz CT molecular complexity index is 1510. The van der Waals surface area contributed by atoms with E-state index in [9.17, 15) is 18.0 Å². The number of fused-ring (bicyclic) bond motifs is 1. The highest BCUT2D eigenvalue weighted by atomic mass is 19.4. The molecule has 4 heterocycles. The van der Waals surface area contributed by atoms with Crippen molar-refractivity contribution >= 4 is 22.6 Å². The van der Waals surface area contributed by atoms with Gasteiger partial charge in [-0.05, 0) is 31.2 Å². The Morgan fingerprint density at radius 1 is 1.10 bits per heavy atom. The molecule has 0 spiro atoms. The SMILES string of the molecule is COc1cc2nccc(Oc3ccc(NC(=O)c4nn(C5CCNC5)cc4OCC(F)(F)F)nn3)c2cc1OC. The maximum Gasteiger partial charge on any atom is 0.422 e. The summed E-state index contributed by atoms with van der Waals surface area (Å²) in [6.45, 7) is -0.261.